The molecular formula is C21H31BrN2O4S2. The second-order valence-corrected chi connectivity index (χ2v) is 11.2. The van der Waals surface area contributed by atoms with Gasteiger partial charge in [0.15, 0.2) is 0 Å². The Morgan fingerprint density at radius 3 is 2.20 bits per heavy atom. The third-order valence-electron chi connectivity index (χ3n) is 4.32. The average Bonchev–Trinajstić information content (AvgIpc) is 2.69. The Morgan fingerprint density at radius 1 is 1.03 bits per heavy atom. The minimum Gasteiger partial charge on any atom is -0.215 e. The smallest absolute Gasteiger partial charge is 0.215 e. The number of hydrogen-bond donors (Lipinski definition) is 2. The van der Waals surface area contributed by atoms with E-state index in [2.05, 4.69) is 25.4 Å². The van der Waals surface area contributed by atoms with Gasteiger partial charge < -0.3 is 0 Å². The number of alkyl halides is 1. The molecule has 6 nitrogen and oxygen atoms in total. The molecule has 0 amide bonds. The second kappa shape index (κ2) is 13.2. The van der Waals surface area contributed by atoms with Crippen LogP contribution in [0, 0.1) is 0 Å². The first-order valence-electron chi connectivity index (χ1n) is 9.45. The SMILES string of the molecule is C.O=S(=O)(Cc1ccccc1)NCCCBr.O=S1(=O)NCCCC1c1ccccc1. The molecule has 0 aliphatic carbocycles. The van der Waals surface area contributed by atoms with E-state index < -0.39 is 20.0 Å². The van der Waals surface area contributed by atoms with Gasteiger partial charge in [0.25, 0.3) is 0 Å². The van der Waals surface area contributed by atoms with Crippen molar-refractivity contribution in [2.24, 2.45) is 0 Å². The molecule has 0 aromatic heterocycles. The Bertz CT molecular complexity index is 937. The summed E-state index contributed by atoms with van der Waals surface area (Å²) in [7, 11) is -6.30. The summed E-state index contributed by atoms with van der Waals surface area (Å²) in [5.41, 5.74) is 1.70. The van der Waals surface area contributed by atoms with Crippen LogP contribution >= 0.6 is 15.9 Å². The number of halogens is 1. The number of rotatable bonds is 7. The number of sulfonamides is 2. The molecule has 2 aromatic carbocycles. The molecular weight excluding hydrogens is 488 g/mol. The molecule has 0 saturated carbocycles. The third-order valence-corrected chi connectivity index (χ3v) is 8.11. The summed E-state index contributed by atoms with van der Waals surface area (Å²) in [4.78, 5) is 0. The summed E-state index contributed by atoms with van der Waals surface area (Å²) in [6, 6.07) is 18.5. The Labute approximate surface area is 189 Å². The summed E-state index contributed by atoms with van der Waals surface area (Å²) in [6.45, 7) is 1.06. The maximum absolute atomic E-state index is 11.7. The Hall–Kier alpha value is -1.26. The first-order valence-corrected chi connectivity index (χ1v) is 13.8. The van der Waals surface area contributed by atoms with Gasteiger partial charge in [0.2, 0.25) is 20.0 Å². The van der Waals surface area contributed by atoms with Crippen molar-refractivity contribution in [2.75, 3.05) is 18.4 Å². The van der Waals surface area contributed by atoms with Gasteiger partial charge in [-0.05, 0) is 30.4 Å². The lowest BCUT2D eigenvalue weighted by atomic mass is 10.1. The molecule has 168 valence electrons. The van der Waals surface area contributed by atoms with Crippen molar-refractivity contribution >= 4 is 36.0 Å². The Morgan fingerprint density at radius 2 is 1.63 bits per heavy atom. The average molecular weight is 520 g/mol. The van der Waals surface area contributed by atoms with Gasteiger partial charge in [-0.25, -0.2) is 26.3 Å². The van der Waals surface area contributed by atoms with Crippen LogP contribution in [-0.2, 0) is 25.8 Å². The highest BCUT2D eigenvalue weighted by Gasteiger charge is 2.29. The first-order chi connectivity index (χ1) is 13.8. The fourth-order valence-corrected chi connectivity index (χ4v) is 6.00. The molecule has 1 unspecified atom stereocenters. The van der Waals surface area contributed by atoms with Crippen molar-refractivity contribution in [3.63, 3.8) is 0 Å². The van der Waals surface area contributed by atoms with Crippen molar-refractivity contribution in [3.05, 3.63) is 71.8 Å². The van der Waals surface area contributed by atoms with E-state index in [1.165, 1.54) is 0 Å². The van der Waals surface area contributed by atoms with Crippen LogP contribution in [0.5, 0.6) is 0 Å². The second-order valence-electron chi connectivity index (χ2n) is 6.66. The van der Waals surface area contributed by atoms with Crippen LogP contribution in [0.15, 0.2) is 60.7 Å². The normalized spacial score (nSPS) is 17.8. The lowest BCUT2D eigenvalue weighted by Gasteiger charge is -2.23. The number of benzene rings is 2. The van der Waals surface area contributed by atoms with Crippen LogP contribution in [0.2, 0.25) is 0 Å². The summed E-state index contributed by atoms with van der Waals surface area (Å²) < 4.78 is 51.6. The molecule has 1 atom stereocenters. The quantitative estimate of drug-likeness (QED) is 0.428. The van der Waals surface area contributed by atoms with E-state index in [1.54, 1.807) is 0 Å². The first kappa shape index (κ1) is 26.8. The van der Waals surface area contributed by atoms with Gasteiger partial charge in [-0.15, -0.1) is 0 Å². The number of hydrogen-bond acceptors (Lipinski definition) is 4. The van der Waals surface area contributed by atoms with Gasteiger partial charge in [-0.2, -0.15) is 0 Å². The van der Waals surface area contributed by atoms with Crippen molar-refractivity contribution in [1.29, 1.82) is 0 Å². The minimum absolute atomic E-state index is 0. The maximum atomic E-state index is 11.7. The Balaban J connectivity index is 0.000000291. The molecule has 30 heavy (non-hydrogen) atoms. The summed E-state index contributed by atoms with van der Waals surface area (Å²) in [6.07, 6.45) is 2.44. The van der Waals surface area contributed by atoms with E-state index in [0.717, 1.165) is 35.7 Å². The highest BCUT2D eigenvalue weighted by molar-refractivity contribution is 9.09. The van der Waals surface area contributed by atoms with Gasteiger partial charge in [0, 0.05) is 18.4 Å². The minimum atomic E-state index is -3.18. The zero-order valence-electron chi connectivity index (χ0n) is 16.1. The molecule has 0 radical (unpaired) electrons. The lowest BCUT2D eigenvalue weighted by molar-refractivity contribution is 0.531. The maximum Gasteiger partial charge on any atom is 0.218 e. The standard InChI is InChI=1S/C10H14BrNO2S.C10H13NO2S.CH4/c11-7-4-8-12-15(13,14)9-10-5-2-1-3-6-10;12-14(13)10(7-4-8-11-14)9-5-2-1-3-6-9;/h1-3,5-6,12H,4,7-9H2;1-3,5-6,10-11H,4,7-8H2;1H4. The molecule has 2 N–H and O–H groups in total. The van der Waals surface area contributed by atoms with E-state index in [1.807, 2.05) is 60.7 Å². The van der Waals surface area contributed by atoms with Crippen LogP contribution < -0.4 is 9.44 Å². The highest BCUT2D eigenvalue weighted by atomic mass is 79.9. The highest BCUT2D eigenvalue weighted by Crippen LogP contribution is 2.28. The van der Waals surface area contributed by atoms with Gasteiger partial charge >= 0.3 is 0 Å². The zero-order chi connectivity index (χ0) is 21.2. The molecule has 9 heteroatoms. The summed E-state index contributed by atoms with van der Waals surface area (Å²) in [5, 5.41) is 0.443. The molecule has 1 aliphatic heterocycles. The summed E-state index contributed by atoms with van der Waals surface area (Å²) in [5.74, 6) is 0.0517. The Kier molecular flexibility index (Phi) is 11.8. The van der Waals surface area contributed by atoms with Crippen LogP contribution in [0.25, 0.3) is 0 Å². The van der Waals surface area contributed by atoms with Gasteiger partial charge in [-0.1, -0.05) is 84.0 Å². The molecule has 1 saturated heterocycles. The molecule has 1 fully saturated rings. The van der Waals surface area contributed by atoms with E-state index in [-0.39, 0.29) is 18.4 Å². The lowest BCUT2D eigenvalue weighted by Crippen LogP contribution is -2.34. The van der Waals surface area contributed by atoms with E-state index in [9.17, 15) is 16.8 Å². The van der Waals surface area contributed by atoms with E-state index in [0.29, 0.717) is 13.1 Å². The molecule has 0 spiro atoms. The number of nitrogens with one attached hydrogen (secondary N) is 2. The zero-order valence-corrected chi connectivity index (χ0v) is 19.3. The summed E-state index contributed by atoms with van der Waals surface area (Å²) >= 11 is 3.25. The van der Waals surface area contributed by atoms with Crippen LogP contribution in [-0.4, -0.2) is 35.3 Å². The van der Waals surface area contributed by atoms with Crippen LogP contribution in [0.1, 0.15) is 43.1 Å². The van der Waals surface area contributed by atoms with Crippen molar-refractivity contribution in [3.8, 4) is 0 Å². The third kappa shape index (κ3) is 9.26. The fraction of sp³-hybridized carbons (Fsp3) is 0.429. The molecule has 1 aliphatic rings. The van der Waals surface area contributed by atoms with Crippen molar-refractivity contribution in [2.45, 2.75) is 37.7 Å². The van der Waals surface area contributed by atoms with Crippen LogP contribution in [0.3, 0.4) is 0 Å². The molecule has 3 rings (SSSR count). The largest absolute Gasteiger partial charge is 0.218 e. The predicted octanol–water partition coefficient (Wildman–Crippen LogP) is 3.97. The van der Waals surface area contributed by atoms with Gasteiger partial charge in [0.05, 0.1) is 5.75 Å². The van der Waals surface area contributed by atoms with Gasteiger partial charge in [-0.3, -0.25) is 0 Å². The van der Waals surface area contributed by atoms with E-state index in [4.69, 9.17) is 0 Å². The van der Waals surface area contributed by atoms with Gasteiger partial charge in [0.1, 0.15) is 5.25 Å². The molecule has 1 heterocycles. The van der Waals surface area contributed by atoms with Crippen molar-refractivity contribution < 1.29 is 16.8 Å². The molecule has 0 bridgehead atoms. The predicted molar refractivity (Wildman–Crippen MR) is 128 cm³/mol. The fourth-order valence-electron chi connectivity index (χ4n) is 2.91. The van der Waals surface area contributed by atoms with Crippen molar-refractivity contribution in [1.82, 2.24) is 9.44 Å². The van der Waals surface area contributed by atoms with E-state index >= 15 is 0 Å². The monoisotopic (exact) mass is 518 g/mol. The topological polar surface area (TPSA) is 92.3 Å². The molecule has 2 aromatic rings. The van der Waals surface area contributed by atoms with Crippen LogP contribution in [0.4, 0.5) is 0 Å².